The van der Waals surface area contributed by atoms with Crippen LogP contribution in [0.25, 0.3) is 0 Å². The second-order valence-electron chi connectivity index (χ2n) is 7.73. The SMILES string of the molecule is CN1CC(C(=O)NCCCOCCCOCCC(=O)OC(C)(C)C)CC1=O. The Balaban J connectivity index is 1.87. The Morgan fingerprint density at radius 2 is 1.74 bits per heavy atom. The van der Waals surface area contributed by atoms with Gasteiger partial charge in [0.05, 0.1) is 18.9 Å². The predicted octanol–water partition coefficient (Wildman–Crippen LogP) is 1.13. The van der Waals surface area contributed by atoms with Gasteiger partial charge in [-0.3, -0.25) is 14.4 Å². The fourth-order valence-electron chi connectivity index (χ4n) is 2.58. The Labute approximate surface area is 161 Å². The summed E-state index contributed by atoms with van der Waals surface area (Å²) < 4.78 is 16.1. The molecule has 0 radical (unpaired) electrons. The summed E-state index contributed by atoms with van der Waals surface area (Å²) in [6, 6.07) is 0. The van der Waals surface area contributed by atoms with Crippen molar-refractivity contribution in [1.82, 2.24) is 10.2 Å². The summed E-state index contributed by atoms with van der Waals surface area (Å²) in [6.07, 6.45) is 2.02. The molecule has 1 atom stereocenters. The lowest BCUT2D eigenvalue weighted by molar-refractivity contribution is -0.156. The minimum Gasteiger partial charge on any atom is -0.460 e. The molecule has 156 valence electrons. The monoisotopic (exact) mass is 386 g/mol. The molecule has 27 heavy (non-hydrogen) atoms. The van der Waals surface area contributed by atoms with E-state index in [1.165, 1.54) is 0 Å². The number of amides is 2. The van der Waals surface area contributed by atoms with Crippen LogP contribution in [0.2, 0.25) is 0 Å². The number of likely N-dealkylation sites (tertiary alicyclic amines) is 1. The summed E-state index contributed by atoms with van der Waals surface area (Å²) in [5, 5.41) is 2.84. The minimum atomic E-state index is -0.463. The summed E-state index contributed by atoms with van der Waals surface area (Å²) in [7, 11) is 1.71. The van der Waals surface area contributed by atoms with E-state index in [9.17, 15) is 14.4 Å². The first kappa shape index (κ1) is 23.4. The molecule has 1 saturated heterocycles. The molecule has 1 aliphatic heterocycles. The number of ether oxygens (including phenoxy) is 3. The van der Waals surface area contributed by atoms with E-state index in [1.807, 2.05) is 20.8 Å². The Kier molecular flexibility index (Phi) is 10.3. The van der Waals surface area contributed by atoms with E-state index >= 15 is 0 Å². The van der Waals surface area contributed by atoms with Crippen LogP contribution in [0.15, 0.2) is 0 Å². The van der Waals surface area contributed by atoms with Gasteiger partial charge >= 0.3 is 5.97 Å². The number of carbonyl (C=O) groups excluding carboxylic acids is 3. The van der Waals surface area contributed by atoms with Gasteiger partial charge in [-0.2, -0.15) is 0 Å². The van der Waals surface area contributed by atoms with E-state index in [-0.39, 0.29) is 30.1 Å². The van der Waals surface area contributed by atoms with Crippen molar-refractivity contribution in [2.75, 3.05) is 46.6 Å². The zero-order chi connectivity index (χ0) is 20.3. The Bertz CT molecular complexity index is 489. The molecule has 0 aliphatic carbocycles. The van der Waals surface area contributed by atoms with Gasteiger partial charge in [0.15, 0.2) is 0 Å². The molecule has 0 spiro atoms. The lowest BCUT2D eigenvalue weighted by atomic mass is 10.1. The van der Waals surface area contributed by atoms with Gasteiger partial charge in [-0.25, -0.2) is 0 Å². The van der Waals surface area contributed by atoms with E-state index in [1.54, 1.807) is 11.9 Å². The van der Waals surface area contributed by atoms with Crippen LogP contribution >= 0.6 is 0 Å². The zero-order valence-electron chi connectivity index (χ0n) is 17.0. The molecule has 8 heteroatoms. The third-order valence-electron chi connectivity index (χ3n) is 3.92. The van der Waals surface area contributed by atoms with E-state index in [0.29, 0.717) is 45.9 Å². The van der Waals surface area contributed by atoms with E-state index < -0.39 is 5.60 Å². The van der Waals surface area contributed by atoms with Crippen molar-refractivity contribution in [2.24, 2.45) is 5.92 Å². The molecule has 0 aromatic carbocycles. The second-order valence-corrected chi connectivity index (χ2v) is 7.73. The lowest BCUT2D eigenvalue weighted by Crippen LogP contribution is -2.33. The van der Waals surface area contributed by atoms with Crippen LogP contribution < -0.4 is 5.32 Å². The maximum atomic E-state index is 11.9. The maximum Gasteiger partial charge on any atom is 0.308 e. The number of hydrogen-bond donors (Lipinski definition) is 1. The van der Waals surface area contributed by atoms with Crippen LogP contribution in [-0.2, 0) is 28.6 Å². The first-order valence-corrected chi connectivity index (χ1v) is 9.58. The molecule has 0 saturated carbocycles. The van der Waals surface area contributed by atoms with Gasteiger partial charge in [-0.15, -0.1) is 0 Å². The summed E-state index contributed by atoms with van der Waals surface area (Å²) in [4.78, 5) is 36.4. The third kappa shape index (κ3) is 10.9. The van der Waals surface area contributed by atoms with Gasteiger partial charge in [-0.05, 0) is 33.6 Å². The highest BCUT2D eigenvalue weighted by Crippen LogP contribution is 2.15. The first-order valence-electron chi connectivity index (χ1n) is 9.58. The normalized spacial score (nSPS) is 17.3. The zero-order valence-corrected chi connectivity index (χ0v) is 17.0. The Hall–Kier alpha value is -1.67. The van der Waals surface area contributed by atoms with Crippen LogP contribution in [0.5, 0.6) is 0 Å². The van der Waals surface area contributed by atoms with E-state index in [0.717, 1.165) is 12.8 Å². The topological polar surface area (TPSA) is 94.2 Å². The quantitative estimate of drug-likeness (QED) is 0.399. The molecule has 0 aromatic heterocycles. The van der Waals surface area contributed by atoms with Crippen LogP contribution in [0.1, 0.15) is 46.5 Å². The van der Waals surface area contributed by atoms with Crippen LogP contribution in [-0.4, -0.2) is 74.8 Å². The number of hydrogen-bond acceptors (Lipinski definition) is 6. The van der Waals surface area contributed by atoms with Crippen molar-refractivity contribution in [3.05, 3.63) is 0 Å². The van der Waals surface area contributed by atoms with Crippen molar-refractivity contribution in [2.45, 2.75) is 52.1 Å². The van der Waals surface area contributed by atoms with Gasteiger partial charge in [0, 0.05) is 46.4 Å². The number of rotatable bonds is 12. The molecule has 1 rings (SSSR count). The van der Waals surface area contributed by atoms with Crippen LogP contribution in [0.3, 0.4) is 0 Å². The Morgan fingerprint density at radius 1 is 1.11 bits per heavy atom. The molecule has 1 heterocycles. The number of carbonyl (C=O) groups is 3. The van der Waals surface area contributed by atoms with Gasteiger partial charge in [0.1, 0.15) is 5.60 Å². The Morgan fingerprint density at radius 3 is 2.33 bits per heavy atom. The second kappa shape index (κ2) is 11.9. The molecule has 0 aromatic rings. The lowest BCUT2D eigenvalue weighted by Gasteiger charge is -2.19. The molecule has 1 unspecified atom stereocenters. The molecule has 0 bridgehead atoms. The number of nitrogens with one attached hydrogen (secondary N) is 1. The average Bonchev–Trinajstić information content (AvgIpc) is 2.90. The van der Waals surface area contributed by atoms with Crippen molar-refractivity contribution < 1.29 is 28.6 Å². The highest BCUT2D eigenvalue weighted by atomic mass is 16.6. The third-order valence-corrected chi connectivity index (χ3v) is 3.92. The van der Waals surface area contributed by atoms with Crippen molar-refractivity contribution >= 4 is 17.8 Å². The summed E-state index contributed by atoms with van der Waals surface area (Å²) in [6.45, 7) is 8.55. The van der Waals surface area contributed by atoms with Crippen LogP contribution in [0.4, 0.5) is 0 Å². The van der Waals surface area contributed by atoms with Gasteiger partial charge in [0.2, 0.25) is 11.8 Å². The maximum absolute atomic E-state index is 11.9. The van der Waals surface area contributed by atoms with Gasteiger partial charge in [-0.1, -0.05) is 0 Å². The molecule has 1 fully saturated rings. The van der Waals surface area contributed by atoms with Crippen molar-refractivity contribution in [3.63, 3.8) is 0 Å². The summed E-state index contributed by atoms with van der Waals surface area (Å²) in [5.41, 5.74) is -0.463. The number of nitrogens with zero attached hydrogens (tertiary/aromatic N) is 1. The first-order chi connectivity index (χ1) is 12.7. The number of esters is 1. The molecule has 1 N–H and O–H groups in total. The van der Waals surface area contributed by atoms with E-state index in [2.05, 4.69) is 5.32 Å². The minimum absolute atomic E-state index is 0.0202. The summed E-state index contributed by atoms with van der Waals surface area (Å²) >= 11 is 0. The van der Waals surface area contributed by atoms with E-state index in [4.69, 9.17) is 14.2 Å². The van der Waals surface area contributed by atoms with Crippen LogP contribution in [0, 0.1) is 5.92 Å². The summed E-state index contributed by atoms with van der Waals surface area (Å²) in [5.74, 6) is -0.534. The van der Waals surface area contributed by atoms with Crippen molar-refractivity contribution in [1.29, 1.82) is 0 Å². The standard InChI is InChI=1S/C19H34N2O6/c1-19(2,3)27-17(23)7-12-26-11-6-10-25-9-5-8-20-18(24)15-13-16(22)21(4)14-15/h15H,5-14H2,1-4H3,(H,20,24). The molecule has 1 aliphatic rings. The molecule has 8 nitrogen and oxygen atoms in total. The molecular weight excluding hydrogens is 352 g/mol. The van der Waals surface area contributed by atoms with Gasteiger partial charge < -0.3 is 24.4 Å². The molecular formula is C19H34N2O6. The fourth-order valence-corrected chi connectivity index (χ4v) is 2.58. The average molecular weight is 386 g/mol. The molecule has 2 amide bonds. The van der Waals surface area contributed by atoms with Gasteiger partial charge in [0.25, 0.3) is 0 Å². The largest absolute Gasteiger partial charge is 0.460 e. The highest BCUT2D eigenvalue weighted by Gasteiger charge is 2.31. The smallest absolute Gasteiger partial charge is 0.308 e. The predicted molar refractivity (Wildman–Crippen MR) is 100 cm³/mol. The highest BCUT2D eigenvalue weighted by molar-refractivity contribution is 5.89. The fraction of sp³-hybridized carbons (Fsp3) is 0.842. The van der Waals surface area contributed by atoms with Crippen molar-refractivity contribution in [3.8, 4) is 0 Å².